The van der Waals surface area contributed by atoms with Crippen LogP contribution >= 0.6 is 0 Å². The van der Waals surface area contributed by atoms with Crippen molar-refractivity contribution in [2.75, 3.05) is 0 Å². The van der Waals surface area contributed by atoms with E-state index in [4.69, 9.17) is 5.11 Å². The maximum Gasteiger partial charge on any atom is 0.310 e. The average Bonchev–Trinajstić information content (AvgIpc) is 2.90. The molecule has 0 bridgehead atoms. The smallest absolute Gasteiger partial charge is 0.310 e. The number of rotatable bonds is 7. The average molecular weight is 389 g/mol. The first kappa shape index (κ1) is 21.6. The van der Waals surface area contributed by atoms with Gasteiger partial charge in [0.1, 0.15) is 24.1 Å². The van der Waals surface area contributed by atoms with Crippen molar-refractivity contribution in [3.63, 3.8) is 0 Å². The number of benzene rings is 1. The normalized spacial score (nSPS) is 20.0. The van der Waals surface area contributed by atoms with Crippen LogP contribution in [-0.4, -0.2) is 44.9 Å². The number of halogens is 1. The van der Waals surface area contributed by atoms with Gasteiger partial charge in [0.15, 0.2) is 0 Å². The summed E-state index contributed by atoms with van der Waals surface area (Å²) in [4.78, 5) is 36.2. The molecule has 1 aliphatic rings. The Balaban J connectivity index is 2.16. The van der Waals surface area contributed by atoms with Crippen molar-refractivity contribution in [1.29, 1.82) is 0 Å². The number of carboxylic acids is 1. The van der Waals surface area contributed by atoms with Gasteiger partial charge in [0.2, 0.25) is 5.91 Å². The quantitative estimate of drug-likeness (QED) is 0.549. The van der Waals surface area contributed by atoms with Crippen LogP contribution in [0.1, 0.15) is 38.7 Å². The molecule has 0 aromatic heterocycles. The molecule has 2 N–H and O–H groups in total. The van der Waals surface area contributed by atoms with Crippen LogP contribution in [0.2, 0.25) is 0 Å². The van der Waals surface area contributed by atoms with Crippen LogP contribution in [-0.2, 0) is 20.9 Å². The Bertz CT molecular complexity index is 793. The second-order valence-electron chi connectivity index (χ2n) is 7.32. The van der Waals surface area contributed by atoms with E-state index >= 15 is 0 Å². The second kappa shape index (κ2) is 9.47. The minimum absolute atomic E-state index is 0.0395. The van der Waals surface area contributed by atoms with Gasteiger partial charge in [0.05, 0.1) is 6.04 Å². The van der Waals surface area contributed by atoms with E-state index in [1.807, 2.05) is 13.8 Å². The Labute approximate surface area is 163 Å². The molecule has 1 aliphatic heterocycles. The number of carbonyl (C=O) groups is 3. The molecule has 0 saturated carbocycles. The monoisotopic (exact) mass is 389 g/mol. The molecule has 7 heteroatoms. The SMILES string of the molecule is CC(C)[C@H]1CC(=O)N(Cc2ccc(F)cc2)[C@@H]1C#CC(O)CC(=O)CC(=O)O. The molecule has 1 fully saturated rings. The number of nitrogens with zero attached hydrogens (tertiary/aromatic N) is 1. The fourth-order valence-corrected chi connectivity index (χ4v) is 3.26. The van der Waals surface area contributed by atoms with Crippen molar-refractivity contribution in [2.24, 2.45) is 11.8 Å². The fourth-order valence-electron chi connectivity index (χ4n) is 3.26. The van der Waals surface area contributed by atoms with Crippen molar-refractivity contribution < 1.29 is 29.0 Å². The Morgan fingerprint density at radius 3 is 2.50 bits per heavy atom. The third-order valence-corrected chi connectivity index (χ3v) is 4.76. The lowest BCUT2D eigenvalue weighted by molar-refractivity contribution is -0.140. The molecule has 6 nitrogen and oxygen atoms in total. The molecule has 1 aromatic carbocycles. The highest BCUT2D eigenvalue weighted by atomic mass is 19.1. The lowest BCUT2D eigenvalue weighted by Crippen LogP contribution is -2.35. The van der Waals surface area contributed by atoms with Crippen LogP contribution in [0.4, 0.5) is 4.39 Å². The van der Waals surface area contributed by atoms with E-state index in [0.29, 0.717) is 6.42 Å². The van der Waals surface area contributed by atoms with Crippen LogP contribution in [0.5, 0.6) is 0 Å². The van der Waals surface area contributed by atoms with Crippen LogP contribution in [0.25, 0.3) is 0 Å². The van der Waals surface area contributed by atoms with Gasteiger partial charge in [-0.1, -0.05) is 37.8 Å². The van der Waals surface area contributed by atoms with Crippen LogP contribution < -0.4 is 0 Å². The predicted molar refractivity (Wildman–Crippen MR) is 99.3 cm³/mol. The van der Waals surface area contributed by atoms with Gasteiger partial charge in [-0.25, -0.2) is 4.39 Å². The second-order valence-corrected chi connectivity index (χ2v) is 7.32. The number of hydrogen-bond acceptors (Lipinski definition) is 4. The van der Waals surface area contributed by atoms with Gasteiger partial charge in [-0.3, -0.25) is 14.4 Å². The zero-order valence-corrected chi connectivity index (χ0v) is 15.9. The number of ketones is 1. The Hall–Kier alpha value is -2.72. The highest BCUT2D eigenvalue weighted by Crippen LogP contribution is 2.32. The molecule has 1 unspecified atom stereocenters. The molecule has 2 rings (SSSR count). The fraction of sp³-hybridized carbons (Fsp3) is 0.476. The number of hydrogen-bond donors (Lipinski definition) is 2. The van der Waals surface area contributed by atoms with Crippen LogP contribution in [0.15, 0.2) is 24.3 Å². The predicted octanol–water partition coefficient (Wildman–Crippen LogP) is 2.00. The summed E-state index contributed by atoms with van der Waals surface area (Å²) in [6.45, 7) is 4.25. The number of amides is 1. The summed E-state index contributed by atoms with van der Waals surface area (Å²) in [6, 6.07) is 5.43. The van der Waals surface area contributed by atoms with Gasteiger partial charge in [-0.05, 0) is 23.6 Å². The number of aliphatic hydroxyl groups is 1. The van der Waals surface area contributed by atoms with E-state index in [2.05, 4.69) is 11.8 Å². The minimum Gasteiger partial charge on any atom is -0.481 e. The summed E-state index contributed by atoms with van der Waals surface area (Å²) in [5.41, 5.74) is 0.767. The van der Waals surface area contributed by atoms with Gasteiger partial charge in [-0.15, -0.1) is 0 Å². The molecule has 0 radical (unpaired) electrons. The highest BCUT2D eigenvalue weighted by Gasteiger charge is 2.40. The van der Waals surface area contributed by atoms with Crippen LogP contribution in [0, 0.1) is 29.5 Å². The highest BCUT2D eigenvalue weighted by molar-refractivity contribution is 5.95. The zero-order valence-electron chi connectivity index (χ0n) is 15.9. The van der Waals surface area contributed by atoms with Crippen molar-refractivity contribution >= 4 is 17.7 Å². The van der Waals surface area contributed by atoms with Crippen LogP contribution in [0.3, 0.4) is 0 Å². The lowest BCUT2D eigenvalue weighted by atomic mass is 9.88. The van der Waals surface area contributed by atoms with E-state index in [1.165, 1.54) is 12.1 Å². The van der Waals surface area contributed by atoms with E-state index in [-0.39, 0.29) is 36.5 Å². The molecule has 1 amide bonds. The number of carbonyl (C=O) groups excluding carboxylic acids is 2. The number of aliphatic hydroxyl groups excluding tert-OH is 1. The Morgan fingerprint density at radius 1 is 1.29 bits per heavy atom. The summed E-state index contributed by atoms with van der Waals surface area (Å²) in [5.74, 6) is 3.35. The Morgan fingerprint density at radius 2 is 1.93 bits per heavy atom. The summed E-state index contributed by atoms with van der Waals surface area (Å²) >= 11 is 0. The standard InChI is InChI=1S/C21H24FNO5/c1-13(2)18-11-20(26)23(12-14-3-5-15(22)6-4-14)19(18)8-7-16(24)9-17(25)10-21(27)28/h3-6,13,16,18-19,24H,9-12H2,1-2H3,(H,27,28)/t16?,18-,19-/m1/s1. The summed E-state index contributed by atoms with van der Waals surface area (Å²) < 4.78 is 13.1. The summed E-state index contributed by atoms with van der Waals surface area (Å²) in [5, 5.41) is 18.6. The molecule has 1 saturated heterocycles. The molecule has 3 atom stereocenters. The van der Waals surface area contributed by atoms with Crippen molar-refractivity contribution in [3.05, 3.63) is 35.6 Å². The van der Waals surface area contributed by atoms with Gasteiger partial charge < -0.3 is 15.1 Å². The van der Waals surface area contributed by atoms with Gasteiger partial charge in [0.25, 0.3) is 0 Å². The number of Topliss-reactive ketones (excluding diaryl/α,β-unsaturated/α-hetero) is 1. The molecular formula is C21H24FNO5. The Kier molecular flexibility index (Phi) is 7.30. The van der Waals surface area contributed by atoms with Crippen molar-refractivity contribution in [1.82, 2.24) is 4.90 Å². The first-order valence-corrected chi connectivity index (χ1v) is 9.14. The maximum atomic E-state index is 13.1. The van der Waals surface area contributed by atoms with E-state index in [1.54, 1.807) is 17.0 Å². The largest absolute Gasteiger partial charge is 0.481 e. The molecular weight excluding hydrogens is 365 g/mol. The third-order valence-electron chi connectivity index (χ3n) is 4.76. The topological polar surface area (TPSA) is 94.9 Å². The van der Waals surface area contributed by atoms with Gasteiger partial charge >= 0.3 is 5.97 Å². The number of carboxylic acid groups (broad SMARTS) is 1. The first-order chi connectivity index (χ1) is 13.2. The summed E-state index contributed by atoms with van der Waals surface area (Å²) in [6.07, 6.45) is -1.99. The molecule has 28 heavy (non-hydrogen) atoms. The number of aliphatic carboxylic acids is 1. The molecule has 150 valence electrons. The van der Waals surface area contributed by atoms with E-state index in [0.717, 1.165) is 5.56 Å². The molecule has 0 spiro atoms. The van der Waals surface area contributed by atoms with Crippen molar-refractivity contribution in [3.8, 4) is 11.8 Å². The first-order valence-electron chi connectivity index (χ1n) is 9.14. The minimum atomic E-state index is -1.29. The lowest BCUT2D eigenvalue weighted by Gasteiger charge is -2.26. The third kappa shape index (κ3) is 5.89. The van der Waals surface area contributed by atoms with E-state index < -0.39 is 30.3 Å². The van der Waals surface area contributed by atoms with Gasteiger partial charge in [0, 0.05) is 25.3 Å². The summed E-state index contributed by atoms with van der Waals surface area (Å²) in [7, 11) is 0. The molecule has 1 aromatic rings. The molecule has 1 heterocycles. The molecule has 0 aliphatic carbocycles. The van der Waals surface area contributed by atoms with Gasteiger partial charge in [-0.2, -0.15) is 0 Å². The van der Waals surface area contributed by atoms with E-state index in [9.17, 15) is 23.9 Å². The number of likely N-dealkylation sites (tertiary alicyclic amines) is 1. The zero-order chi connectivity index (χ0) is 20.8. The van der Waals surface area contributed by atoms with Crippen molar-refractivity contribution in [2.45, 2.75) is 51.8 Å². The maximum absolute atomic E-state index is 13.1.